The van der Waals surface area contributed by atoms with E-state index in [1.165, 1.54) is 0 Å². The molecule has 0 saturated carbocycles. The van der Waals surface area contributed by atoms with Crippen molar-refractivity contribution < 1.29 is 5.11 Å². The van der Waals surface area contributed by atoms with E-state index >= 15 is 0 Å². The molecule has 4 nitrogen and oxygen atoms in total. The van der Waals surface area contributed by atoms with Crippen molar-refractivity contribution in [1.29, 1.82) is 0 Å². The summed E-state index contributed by atoms with van der Waals surface area (Å²) in [4.78, 5) is 4.11. The summed E-state index contributed by atoms with van der Waals surface area (Å²) in [7, 11) is 0. The number of rotatable bonds is 3. The molecule has 0 saturated heterocycles. The molecule has 1 atom stereocenters. The first-order valence-corrected chi connectivity index (χ1v) is 6.32. The minimum atomic E-state index is -0.661. The van der Waals surface area contributed by atoms with Crippen LogP contribution in [0.1, 0.15) is 24.2 Å². The molecule has 2 heterocycles. The van der Waals surface area contributed by atoms with Crippen LogP contribution in [0.3, 0.4) is 0 Å². The summed E-state index contributed by atoms with van der Waals surface area (Å²) >= 11 is 0. The molecule has 0 aliphatic carbocycles. The molecule has 0 radical (unpaired) electrons. The number of aliphatic hydroxyl groups excluding tert-OH is 1. The van der Waals surface area contributed by atoms with Gasteiger partial charge in [0.15, 0.2) is 0 Å². The molecule has 1 aromatic carbocycles. The van der Waals surface area contributed by atoms with Gasteiger partial charge in [-0.1, -0.05) is 18.2 Å². The summed E-state index contributed by atoms with van der Waals surface area (Å²) in [5.41, 5.74) is 1.70. The molecule has 2 aromatic heterocycles. The molecule has 0 fully saturated rings. The van der Waals surface area contributed by atoms with Crippen molar-refractivity contribution in [2.45, 2.75) is 19.6 Å². The van der Waals surface area contributed by atoms with Gasteiger partial charge in [-0.3, -0.25) is 9.67 Å². The van der Waals surface area contributed by atoms with Crippen LogP contribution in [0.15, 0.2) is 49.1 Å². The lowest BCUT2D eigenvalue weighted by molar-refractivity contribution is 0.222. The Labute approximate surface area is 111 Å². The summed E-state index contributed by atoms with van der Waals surface area (Å²) in [5, 5.41) is 16.8. The first kappa shape index (κ1) is 11.9. The molecule has 19 heavy (non-hydrogen) atoms. The third-order valence-electron chi connectivity index (χ3n) is 3.30. The van der Waals surface area contributed by atoms with E-state index in [0.717, 1.165) is 28.4 Å². The van der Waals surface area contributed by atoms with Gasteiger partial charge in [-0.2, -0.15) is 5.10 Å². The van der Waals surface area contributed by atoms with Crippen LogP contribution in [0.4, 0.5) is 0 Å². The van der Waals surface area contributed by atoms with Crippen LogP contribution in [0.25, 0.3) is 10.8 Å². The molecule has 96 valence electrons. The Bertz CT molecular complexity index is 700. The molecule has 1 N–H and O–H groups in total. The molecule has 0 spiro atoms. The van der Waals surface area contributed by atoms with Gasteiger partial charge in [-0.25, -0.2) is 0 Å². The average Bonchev–Trinajstić information content (AvgIpc) is 2.95. The van der Waals surface area contributed by atoms with Gasteiger partial charge in [0.2, 0.25) is 0 Å². The second kappa shape index (κ2) is 4.82. The summed E-state index contributed by atoms with van der Waals surface area (Å²) in [6.45, 7) is 2.82. The number of hydrogen-bond donors (Lipinski definition) is 1. The van der Waals surface area contributed by atoms with Crippen molar-refractivity contribution >= 4 is 10.8 Å². The lowest BCUT2D eigenvalue weighted by Crippen LogP contribution is -2.00. The second-order valence-corrected chi connectivity index (χ2v) is 4.48. The number of nitrogens with zero attached hydrogens (tertiary/aromatic N) is 3. The third-order valence-corrected chi connectivity index (χ3v) is 3.30. The largest absolute Gasteiger partial charge is 0.384 e. The van der Waals surface area contributed by atoms with E-state index in [0.29, 0.717) is 0 Å². The van der Waals surface area contributed by atoms with Crippen molar-refractivity contribution in [2.75, 3.05) is 0 Å². The zero-order chi connectivity index (χ0) is 13.2. The average molecular weight is 253 g/mol. The fourth-order valence-electron chi connectivity index (χ4n) is 2.26. The number of fused-ring (bicyclic) bond motifs is 1. The maximum absolute atomic E-state index is 10.5. The normalized spacial score (nSPS) is 12.7. The van der Waals surface area contributed by atoms with Crippen molar-refractivity contribution in [1.82, 2.24) is 14.8 Å². The van der Waals surface area contributed by atoms with Crippen LogP contribution in [-0.2, 0) is 6.54 Å². The zero-order valence-electron chi connectivity index (χ0n) is 10.7. The quantitative estimate of drug-likeness (QED) is 0.780. The summed E-state index contributed by atoms with van der Waals surface area (Å²) in [5.74, 6) is 0. The Morgan fingerprint density at radius 3 is 2.95 bits per heavy atom. The lowest BCUT2D eigenvalue weighted by Gasteiger charge is -2.11. The Hall–Kier alpha value is -2.20. The molecule has 0 aliphatic heterocycles. The standard InChI is InChI=1S/C15H15N3O/c1-2-18-10-12(9-17-18)15(19)14-5-3-4-11-8-16-7-6-13(11)14/h3-10,15,19H,2H2,1H3. The van der Waals surface area contributed by atoms with E-state index in [9.17, 15) is 5.11 Å². The Morgan fingerprint density at radius 2 is 2.16 bits per heavy atom. The highest BCUT2D eigenvalue weighted by Gasteiger charge is 2.15. The Kier molecular flexibility index (Phi) is 3.01. The SMILES string of the molecule is CCn1cc(C(O)c2cccc3cnccc23)cn1. The fraction of sp³-hybridized carbons (Fsp3) is 0.200. The first-order chi connectivity index (χ1) is 9.29. The van der Waals surface area contributed by atoms with Gasteiger partial charge in [0.25, 0.3) is 0 Å². The van der Waals surface area contributed by atoms with Crippen LogP contribution >= 0.6 is 0 Å². The van der Waals surface area contributed by atoms with E-state index < -0.39 is 6.10 Å². The van der Waals surface area contributed by atoms with Crippen LogP contribution in [0.2, 0.25) is 0 Å². The monoisotopic (exact) mass is 253 g/mol. The van der Waals surface area contributed by atoms with Gasteiger partial charge in [-0.15, -0.1) is 0 Å². The molecule has 4 heteroatoms. The van der Waals surface area contributed by atoms with Crippen LogP contribution in [-0.4, -0.2) is 19.9 Å². The molecule has 3 rings (SSSR count). The van der Waals surface area contributed by atoms with Crippen molar-refractivity contribution in [3.63, 3.8) is 0 Å². The van der Waals surface area contributed by atoms with Crippen LogP contribution in [0.5, 0.6) is 0 Å². The number of aliphatic hydroxyl groups is 1. The van der Waals surface area contributed by atoms with E-state index in [-0.39, 0.29) is 0 Å². The highest BCUT2D eigenvalue weighted by molar-refractivity contribution is 5.85. The van der Waals surface area contributed by atoms with E-state index in [1.54, 1.807) is 18.6 Å². The van der Waals surface area contributed by atoms with Gasteiger partial charge < -0.3 is 5.11 Å². The van der Waals surface area contributed by atoms with Crippen molar-refractivity contribution in [3.8, 4) is 0 Å². The minimum absolute atomic E-state index is 0.661. The van der Waals surface area contributed by atoms with E-state index in [1.807, 2.05) is 42.1 Å². The minimum Gasteiger partial charge on any atom is -0.384 e. The molecule has 3 aromatic rings. The van der Waals surface area contributed by atoms with E-state index in [4.69, 9.17) is 0 Å². The predicted molar refractivity (Wildman–Crippen MR) is 73.7 cm³/mol. The number of aryl methyl sites for hydroxylation is 1. The third kappa shape index (κ3) is 2.11. The van der Waals surface area contributed by atoms with Gasteiger partial charge in [0.05, 0.1) is 6.20 Å². The van der Waals surface area contributed by atoms with Crippen molar-refractivity contribution in [3.05, 3.63) is 60.2 Å². The number of hydrogen-bond acceptors (Lipinski definition) is 3. The summed E-state index contributed by atoms with van der Waals surface area (Å²) in [6.07, 6.45) is 6.49. The maximum Gasteiger partial charge on any atom is 0.108 e. The number of aromatic nitrogens is 3. The van der Waals surface area contributed by atoms with Gasteiger partial charge >= 0.3 is 0 Å². The molecular weight excluding hydrogens is 238 g/mol. The lowest BCUT2D eigenvalue weighted by atomic mass is 9.99. The van der Waals surface area contributed by atoms with Gasteiger partial charge in [0.1, 0.15) is 6.10 Å². The van der Waals surface area contributed by atoms with E-state index in [2.05, 4.69) is 10.1 Å². The number of benzene rings is 1. The number of pyridine rings is 1. The summed E-state index contributed by atoms with van der Waals surface area (Å²) < 4.78 is 1.81. The zero-order valence-corrected chi connectivity index (χ0v) is 10.7. The molecular formula is C15H15N3O. The molecule has 0 aliphatic rings. The second-order valence-electron chi connectivity index (χ2n) is 4.48. The van der Waals surface area contributed by atoms with Crippen LogP contribution in [0, 0.1) is 0 Å². The molecule has 0 bridgehead atoms. The Morgan fingerprint density at radius 1 is 1.26 bits per heavy atom. The van der Waals surface area contributed by atoms with Crippen LogP contribution < -0.4 is 0 Å². The predicted octanol–water partition coefficient (Wildman–Crippen LogP) is 2.53. The van der Waals surface area contributed by atoms with Gasteiger partial charge in [0, 0.05) is 36.1 Å². The summed E-state index contributed by atoms with van der Waals surface area (Å²) in [6, 6.07) is 7.80. The van der Waals surface area contributed by atoms with Crippen molar-refractivity contribution in [2.24, 2.45) is 0 Å². The molecule has 1 unspecified atom stereocenters. The maximum atomic E-state index is 10.5. The fourth-order valence-corrected chi connectivity index (χ4v) is 2.26. The van der Waals surface area contributed by atoms with Gasteiger partial charge in [-0.05, 0) is 23.9 Å². The highest BCUT2D eigenvalue weighted by atomic mass is 16.3. The highest BCUT2D eigenvalue weighted by Crippen LogP contribution is 2.28. The smallest absolute Gasteiger partial charge is 0.108 e. The topological polar surface area (TPSA) is 50.9 Å². The Balaban J connectivity index is 2.08. The molecule has 0 amide bonds. The first-order valence-electron chi connectivity index (χ1n) is 6.32.